The maximum atomic E-state index is 14.1. The Hall–Kier alpha value is -2.24. The molecule has 2 aliphatic rings. The lowest BCUT2D eigenvalue weighted by molar-refractivity contribution is -0.116. The van der Waals surface area contributed by atoms with Gasteiger partial charge in [-0.1, -0.05) is 29.3 Å². The van der Waals surface area contributed by atoms with Crippen LogP contribution in [0, 0.1) is 5.82 Å². The van der Waals surface area contributed by atoms with Crippen LogP contribution in [0.4, 0.5) is 15.8 Å². The van der Waals surface area contributed by atoms with E-state index in [0.717, 1.165) is 23.3 Å². The molecule has 146 valence electrons. The predicted molar refractivity (Wildman–Crippen MR) is 110 cm³/mol. The van der Waals surface area contributed by atoms with E-state index in [1.807, 2.05) is 11.0 Å². The third-order valence-corrected chi connectivity index (χ3v) is 5.60. The lowest BCUT2D eigenvalue weighted by Crippen LogP contribution is -2.30. The molecule has 2 aliphatic heterocycles. The van der Waals surface area contributed by atoms with Gasteiger partial charge in [-0.05, 0) is 48.7 Å². The number of hydrogen-bond donors (Lipinski definition) is 1. The first-order valence-corrected chi connectivity index (χ1v) is 9.89. The van der Waals surface area contributed by atoms with Crippen LogP contribution < -0.4 is 15.0 Å². The molecule has 0 fully saturated rings. The number of amides is 1. The summed E-state index contributed by atoms with van der Waals surface area (Å²) in [6.45, 7) is 1.79. The first-order valence-electron chi connectivity index (χ1n) is 9.13. The Morgan fingerprint density at radius 3 is 2.75 bits per heavy atom. The Bertz CT molecular complexity index is 962. The number of carbonyl (C=O) groups excluding carboxylic acids is 1. The minimum Gasteiger partial charge on any atom is -0.489 e. The van der Waals surface area contributed by atoms with Gasteiger partial charge in [-0.25, -0.2) is 4.39 Å². The van der Waals surface area contributed by atoms with Gasteiger partial charge in [-0.2, -0.15) is 0 Å². The van der Waals surface area contributed by atoms with Crippen LogP contribution >= 0.6 is 23.2 Å². The molecule has 0 saturated heterocycles. The molecule has 4 rings (SSSR count). The highest BCUT2D eigenvalue weighted by Gasteiger charge is 2.22. The third-order valence-electron chi connectivity index (χ3n) is 5.05. The fourth-order valence-electron chi connectivity index (χ4n) is 3.53. The molecule has 0 aromatic heterocycles. The zero-order chi connectivity index (χ0) is 19.7. The third kappa shape index (κ3) is 3.96. The molecule has 1 N–H and O–H groups in total. The van der Waals surface area contributed by atoms with Crippen molar-refractivity contribution in [1.82, 2.24) is 0 Å². The van der Waals surface area contributed by atoms with Crippen LogP contribution in [0.1, 0.15) is 18.4 Å². The second-order valence-corrected chi connectivity index (χ2v) is 7.73. The van der Waals surface area contributed by atoms with Crippen molar-refractivity contribution in [3.63, 3.8) is 0 Å². The van der Waals surface area contributed by atoms with Crippen molar-refractivity contribution in [1.29, 1.82) is 0 Å². The molecule has 0 spiro atoms. The summed E-state index contributed by atoms with van der Waals surface area (Å²) in [4.78, 5) is 13.6. The highest BCUT2D eigenvalue weighted by atomic mass is 35.5. The number of nitrogens with zero attached hydrogens (tertiary/aromatic N) is 1. The largest absolute Gasteiger partial charge is 0.489 e. The Balaban J connectivity index is 1.42. The van der Waals surface area contributed by atoms with E-state index in [4.69, 9.17) is 27.9 Å². The maximum Gasteiger partial charge on any atom is 0.224 e. The summed E-state index contributed by atoms with van der Waals surface area (Å²) in [7, 11) is 0. The van der Waals surface area contributed by atoms with Crippen molar-refractivity contribution in [2.45, 2.75) is 19.3 Å². The molecule has 2 heterocycles. The number of ether oxygens (including phenoxy) is 1. The average Bonchev–Trinajstić information content (AvgIpc) is 2.68. The van der Waals surface area contributed by atoms with Crippen LogP contribution in [0.25, 0.3) is 0 Å². The molecular weight excluding hydrogens is 402 g/mol. The van der Waals surface area contributed by atoms with Gasteiger partial charge < -0.3 is 15.0 Å². The Kier molecular flexibility index (Phi) is 5.47. The van der Waals surface area contributed by atoms with Crippen LogP contribution in [0.3, 0.4) is 0 Å². The van der Waals surface area contributed by atoms with E-state index in [9.17, 15) is 9.18 Å². The van der Waals surface area contributed by atoms with Gasteiger partial charge in [0.2, 0.25) is 5.91 Å². The minimum absolute atomic E-state index is 0.0314. The van der Waals surface area contributed by atoms with E-state index < -0.39 is 0 Å². The number of benzene rings is 2. The van der Waals surface area contributed by atoms with Crippen LogP contribution in [0.5, 0.6) is 5.75 Å². The highest BCUT2D eigenvalue weighted by Crippen LogP contribution is 2.37. The van der Waals surface area contributed by atoms with Gasteiger partial charge in [0.1, 0.15) is 18.2 Å². The summed E-state index contributed by atoms with van der Waals surface area (Å²) < 4.78 is 20.1. The van der Waals surface area contributed by atoms with Crippen molar-refractivity contribution in [2.75, 3.05) is 29.9 Å². The maximum absolute atomic E-state index is 14.1. The molecule has 4 nitrogen and oxygen atoms in total. The predicted octanol–water partition coefficient (Wildman–Crippen LogP) is 5.23. The quantitative estimate of drug-likeness (QED) is 0.688. The summed E-state index contributed by atoms with van der Waals surface area (Å²) in [5.41, 5.74) is 3.31. The number of carbonyl (C=O) groups is 1. The van der Waals surface area contributed by atoms with Crippen LogP contribution in [-0.2, 0) is 11.2 Å². The smallest absolute Gasteiger partial charge is 0.224 e. The van der Waals surface area contributed by atoms with E-state index in [0.29, 0.717) is 54.0 Å². The van der Waals surface area contributed by atoms with Gasteiger partial charge in [-0.15, -0.1) is 0 Å². The van der Waals surface area contributed by atoms with Crippen LogP contribution in [0.15, 0.2) is 42.0 Å². The molecule has 0 atom stereocenters. The molecular formula is C21H19Cl2FN2O2. The lowest BCUT2D eigenvalue weighted by Gasteiger charge is -2.29. The molecule has 0 radical (unpaired) electrons. The summed E-state index contributed by atoms with van der Waals surface area (Å²) in [5, 5.41) is 3.74. The molecule has 2 aromatic rings. The number of halogens is 3. The van der Waals surface area contributed by atoms with Gasteiger partial charge in [0.15, 0.2) is 0 Å². The molecule has 0 aliphatic carbocycles. The Morgan fingerprint density at radius 1 is 1.14 bits per heavy atom. The highest BCUT2D eigenvalue weighted by molar-refractivity contribution is 6.34. The number of nitrogens with one attached hydrogen (secondary N) is 1. The summed E-state index contributed by atoms with van der Waals surface area (Å²) in [5.74, 6) is 0.401. The van der Waals surface area contributed by atoms with E-state index >= 15 is 0 Å². The summed E-state index contributed by atoms with van der Waals surface area (Å²) >= 11 is 12.0. The van der Waals surface area contributed by atoms with Crippen molar-refractivity contribution >= 4 is 40.5 Å². The van der Waals surface area contributed by atoms with Crippen LogP contribution in [-0.4, -0.2) is 25.6 Å². The monoisotopic (exact) mass is 420 g/mol. The molecule has 0 bridgehead atoms. The van der Waals surface area contributed by atoms with E-state index in [-0.39, 0.29) is 11.7 Å². The molecule has 7 heteroatoms. The molecule has 0 unspecified atom stereocenters. The topological polar surface area (TPSA) is 41.6 Å². The summed E-state index contributed by atoms with van der Waals surface area (Å²) in [6.07, 6.45) is 3.89. The van der Waals surface area contributed by atoms with Crippen LogP contribution in [0.2, 0.25) is 10.0 Å². The first kappa shape index (κ1) is 19.1. The average molecular weight is 421 g/mol. The lowest BCUT2D eigenvalue weighted by atomic mass is 10.0. The minimum atomic E-state index is -0.310. The Labute approximate surface area is 172 Å². The fraction of sp³-hybridized carbons (Fsp3) is 0.286. The van der Waals surface area contributed by atoms with Gasteiger partial charge in [0.05, 0.1) is 16.4 Å². The second-order valence-electron chi connectivity index (χ2n) is 6.89. The number of rotatable bonds is 4. The first-order chi connectivity index (χ1) is 13.5. The summed E-state index contributed by atoms with van der Waals surface area (Å²) in [6, 6.07) is 8.33. The standard InChI is InChI=1S/C21H19Cl2FN2O2/c22-14-1-4-18(17(24)11-14)26-9-7-13(8-10-26)12-28-19-5-3-16(23)21-15(19)2-6-20(27)25-21/h1,3-5,7,11H,2,6,8-10,12H2,(H,25,27). The molecule has 28 heavy (non-hydrogen) atoms. The fourth-order valence-corrected chi connectivity index (χ4v) is 3.91. The Morgan fingerprint density at radius 2 is 2.00 bits per heavy atom. The van der Waals surface area contributed by atoms with Gasteiger partial charge in [0.25, 0.3) is 0 Å². The van der Waals surface area contributed by atoms with Crippen molar-refractivity contribution < 1.29 is 13.9 Å². The van der Waals surface area contributed by atoms with Crippen molar-refractivity contribution in [2.24, 2.45) is 0 Å². The van der Waals surface area contributed by atoms with E-state index in [1.165, 1.54) is 6.07 Å². The van der Waals surface area contributed by atoms with E-state index in [1.54, 1.807) is 18.2 Å². The molecule has 2 aromatic carbocycles. The van der Waals surface area contributed by atoms with Gasteiger partial charge in [0, 0.05) is 30.1 Å². The number of hydrogen-bond acceptors (Lipinski definition) is 3. The normalized spacial score (nSPS) is 16.3. The number of fused-ring (bicyclic) bond motifs is 1. The number of anilines is 2. The SMILES string of the molecule is O=C1CCc2c(OCC3=CCN(c4ccc(Cl)cc4F)CC3)ccc(Cl)c2N1. The second kappa shape index (κ2) is 8.02. The van der Waals surface area contributed by atoms with Crippen molar-refractivity contribution in [3.8, 4) is 5.75 Å². The van der Waals surface area contributed by atoms with Gasteiger partial charge >= 0.3 is 0 Å². The molecule has 1 amide bonds. The molecule has 0 saturated carbocycles. The van der Waals surface area contributed by atoms with Crippen molar-refractivity contribution in [3.05, 3.63) is 63.4 Å². The van der Waals surface area contributed by atoms with E-state index in [2.05, 4.69) is 11.4 Å². The van der Waals surface area contributed by atoms with Gasteiger partial charge in [-0.3, -0.25) is 4.79 Å². The zero-order valence-electron chi connectivity index (χ0n) is 15.1. The zero-order valence-corrected chi connectivity index (χ0v) is 16.6.